The number of hydrogen-bond donors (Lipinski definition) is 0. The lowest BCUT2D eigenvalue weighted by atomic mass is 9.77. The molecule has 2 aliphatic rings. The molecule has 34 heavy (non-hydrogen) atoms. The Morgan fingerprint density at radius 1 is 1.03 bits per heavy atom. The van der Waals surface area contributed by atoms with E-state index in [2.05, 4.69) is 0 Å². The number of carbonyl (C=O) groups excluding carboxylic acids is 2. The van der Waals surface area contributed by atoms with Gasteiger partial charge in [0.2, 0.25) is 5.91 Å². The SMILES string of the molecule is COc1ccccc1C(=O)N1CCC[C@](COc2ccc(Cl)cc2)(CC(=O)N2CCOCC2)C1. The van der Waals surface area contributed by atoms with Gasteiger partial charge >= 0.3 is 0 Å². The van der Waals surface area contributed by atoms with E-state index in [1.54, 1.807) is 31.4 Å². The summed E-state index contributed by atoms with van der Waals surface area (Å²) in [5.74, 6) is 1.22. The average Bonchev–Trinajstić information content (AvgIpc) is 2.88. The second-order valence-corrected chi connectivity index (χ2v) is 9.38. The Morgan fingerprint density at radius 2 is 1.76 bits per heavy atom. The van der Waals surface area contributed by atoms with Crippen molar-refractivity contribution < 1.29 is 23.8 Å². The molecule has 2 aromatic carbocycles. The number of amides is 2. The molecule has 0 unspecified atom stereocenters. The molecule has 0 saturated carbocycles. The molecule has 8 heteroatoms. The van der Waals surface area contributed by atoms with Crippen molar-refractivity contribution in [2.75, 3.05) is 53.1 Å². The largest absolute Gasteiger partial charge is 0.496 e. The molecule has 4 rings (SSSR count). The van der Waals surface area contributed by atoms with Gasteiger partial charge in [0.1, 0.15) is 11.5 Å². The molecule has 7 nitrogen and oxygen atoms in total. The zero-order valence-electron chi connectivity index (χ0n) is 19.5. The summed E-state index contributed by atoms with van der Waals surface area (Å²) in [5, 5.41) is 0.635. The molecule has 2 aromatic rings. The van der Waals surface area contributed by atoms with Crippen LogP contribution in [-0.2, 0) is 9.53 Å². The van der Waals surface area contributed by atoms with Crippen LogP contribution in [0.2, 0.25) is 5.02 Å². The summed E-state index contributed by atoms with van der Waals surface area (Å²) in [6.07, 6.45) is 1.91. The topological polar surface area (TPSA) is 68.3 Å². The normalized spacial score (nSPS) is 20.6. The Kier molecular flexibility index (Phi) is 7.95. The third kappa shape index (κ3) is 5.83. The highest BCUT2D eigenvalue weighted by atomic mass is 35.5. The number of methoxy groups -OCH3 is 1. The van der Waals surface area contributed by atoms with Crippen molar-refractivity contribution in [1.29, 1.82) is 0 Å². The van der Waals surface area contributed by atoms with E-state index in [0.29, 0.717) is 74.5 Å². The Hall–Kier alpha value is -2.77. The molecule has 0 radical (unpaired) electrons. The second-order valence-electron chi connectivity index (χ2n) is 8.94. The van der Waals surface area contributed by atoms with Gasteiger partial charge in [-0.25, -0.2) is 0 Å². The second kappa shape index (κ2) is 11.1. The Bertz CT molecular complexity index is 993. The number of likely N-dealkylation sites (tertiary alicyclic amines) is 1. The lowest BCUT2D eigenvalue weighted by molar-refractivity contribution is -0.139. The van der Waals surface area contributed by atoms with Crippen molar-refractivity contribution in [3.05, 3.63) is 59.1 Å². The summed E-state index contributed by atoms with van der Waals surface area (Å²) in [6, 6.07) is 14.4. The Balaban J connectivity index is 1.54. The molecule has 2 saturated heterocycles. The summed E-state index contributed by atoms with van der Waals surface area (Å²) < 4.78 is 17.0. The van der Waals surface area contributed by atoms with Crippen LogP contribution in [0.1, 0.15) is 29.6 Å². The van der Waals surface area contributed by atoms with E-state index in [1.807, 2.05) is 34.1 Å². The molecule has 0 bridgehead atoms. The maximum Gasteiger partial charge on any atom is 0.257 e. The van der Waals surface area contributed by atoms with Crippen molar-refractivity contribution in [3.63, 3.8) is 0 Å². The molecular weight excluding hydrogens is 456 g/mol. The number of halogens is 1. The molecular formula is C26H31ClN2O5. The van der Waals surface area contributed by atoms with E-state index < -0.39 is 5.41 Å². The fourth-order valence-corrected chi connectivity index (χ4v) is 4.82. The van der Waals surface area contributed by atoms with Crippen LogP contribution in [0.3, 0.4) is 0 Å². The van der Waals surface area contributed by atoms with E-state index >= 15 is 0 Å². The molecule has 0 aromatic heterocycles. The molecule has 2 fully saturated rings. The van der Waals surface area contributed by atoms with Gasteiger partial charge in [-0.15, -0.1) is 0 Å². The van der Waals surface area contributed by atoms with Crippen LogP contribution < -0.4 is 9.47 Å². The average molecular weight is 487 g/mol. The van der Waals surface area contributed by atoms with Gasteiger partial charge in [0.15, 0.2) is 0 Å². The van der Waals surface area contributed by atoms with Crippen LogP contribution in [0.15, 0.2) is 48.5 Å². The van der Waals surface area contributed by atoms with Gasteiger partial charge in [0.25, 0.3) is 5.91 Å². The summed E-state index contributed by atoms with van der Waals surface area (Å²) in [4.78, 5) is 30.4. The minimum Gasteiger partial charge on any atom is -0.496 e. The van der Waals surface area contributed by atoms with Crippen molar-refractivity contribution >= 4 is 23.4 Å². The molecule has 2 heterocycles. The van der Waals surface area contributed by atoms with Gasteiger partial charge in [-0.05, 0) is 49.2 Å². The first-order chi connectivity index (χ1) is 16.5. The quantitative estimate of drug-likeness (QED) is 0.593. The van der Waals surface area contributed by atoms with Crippen molar-refractivity contribution in [2.24, 2.45) is 5.41 Å². The highest BCUT2D eigenvalue weighted by molar-refractivity contribution is 6.30. The van der Waals surface area contributed by atoms with Gasteiger partial charge in [0, 0.05) is 43.0 Å². The van der Waals surface area contributed by atoms with E-state index in [9.17, 15) is 9.59 Å². The molecule has 2 amide bonds. The number of rotatable bonds is 7. The lowest BCUT2D eigenvalue weighted by Gasteiger charge is -2.43. The lowest BCUT2D eigenvalue weighted by Crippen LogP contribution is -2.52. The van der Waals surface area contributed by atoms with Gasteiger partial charge in [0.05, 0.1) is 32.5 Å². The van der Waals surface area contributed by atoms with E-state index in [0.717, 1.165) is 12.8 Å². The van der Waals surface area contributed by atoms with E-state index in [-0.39, 0.29) is 11.8 Å². The zero-order valence-corrected chi connectivity index (χ0v) is 20.3. The molecule has 0 spiro atoms. The molecule has 182 valence electrons. The van der Waals surface area contributed by atoms with Crippen molar-refractivity contribution in [2.45, 2.75) is 19.3 Å². The van der Waals surface area contributed by atoms with E-state index in [4.69, 9.17) is 25.8 Å². The molecule has 1 atom stereocenters. The third-order valence-electron chi connectivity index (χ3n) is 6.53. The number of ether oxygens (including phenoxy) is 3. The highest BCUT2D eigenvalue weighted by Gasteiger charge is 2.41. The number of hydrogen-bond acceptors (Lipinski definition) is 5. The predicted octanol–water partition coefficient (Wildman–Crippen LogP) is 3.90. The van der Waals surface area contributed by atoms with Crippen LogP contribution in [-0.4, -0.2) is 74.7 Å². The monoisotopic (exact) mass is 486 g/mol. The van der Waals surface area contributed by atoms with Crippen molar-refractivity contribution in [3.8, 4) is 11.5 Å². The number of para-hydroxylation sites is 1. The number of nitrogens with zero attached hydrogens (tertiary/aromatic N) is 2. The smallest absolute Gasteiger partial charge is 0.257 e. The van der Waals surface area contributed by atoms with Crippen LogP contribution in [0.5, 0.6) is 11.5 Å². The summed E-state index contributed by atoms with van der Waals surface area (Å²) >= 11 is 6.01. The van der Waals surface area contributed by atoms with Gasteiger partial charge in [-0.2, -0.15) is 0 Å². The summed E-state index contributed by atoms with van der Waals surface area (Å²) in [6.45, 7) is 3.70. The number of morpholine rings is 1. The van der Waals surface area contributed by atoms with Gasteiger partial charge in [-0.1, -0.05) is 23.7 Å². The maximum atomic E-state index is 13.4. The standard InChI is InChI=1S/C26H31ClN2O5/c1-32-23-6-3-2-5-22(23)25(31)29-12-4-11-26(18-29,17-24(30)28-13-15-33-16-14-28)19-34-21-9-7-20(27)8-10-21/h2-3,5-10H,4,11-19H2,1H3/t26-/m0/s1. The Morgan fingerprint density at radius 3 is 2.50 bits per heavy atom. The summed E-state index contributed by atoms with van der Waals surface area (Å²) in [5.41, 5.74) is 0.0317. The van der Waals surface area contributed by atoms with E-state index in [1.165, 1.54) is 0 Å². The fourth-order valence-electron chi connectivity index (χ4n) is 4.70. The van der Waals surface area contributed by atoms with Crippen molar-refractivity contribution in [1.82, 2.24) is 9.80 Å². The number of benzene rings is 2. The Labute approximate surface area is 205 Å². The van der Waals surface area contributed by atoms with Gasteiger partial charge in [-0.3, -0.25) is 9.59 Å². The highest BCUT2D eigenvalue weighted by Crippen LogP contribution is 2.36. The minimum absolute atomic E-state index is 0.0783. The van der Waals surface area contributed by atoms with Crippen LogP contribution >= 0.6 is 11.6 Å². The third-order valence-corrected chi connectivity index (χ3v) is 6.79. The van der Waals surface area contributed by atoms with Crippen LogP contribution in [0.4, 0.5) is 0 Å². The van der Waals surface area contributed by atoms with Crippen LogP contribution in [0.25, 0.3) is 0 Å². The first-order valence-electron chi connectivity index (χ1n) is 11.7. The minimum atomic E-state index is -0.495. The van der Waals surface area contributed by atoms with Crippen LogP contribution in [0, 0.1) is 5.41 Å². The molecule has 0 N–H and O–H groups in total. The fraction of sp³-hybridized carbons (Fsp3) is 0.462. The molecule has 0 aliphatic carbocycles. The number of carbonyl (C=O) groups is 2. The van der Waals surface area contributed by atoms with Gasteiger partial charge < -0.3 is 24.0 Å². The first kappa shape index (κ1) is 24.4. The maximum absolute atomic E-state index is 13.4. The summed E-state index contributed by atoms with van der Waals surface area (Å²) in [7, 11) is 1.56. The molecule has 2 aliphatic heterocycles. The first-order valence-corrected chi connectivity index (χ1v) is 12.0. The predicted molar refractivity (Wildman–Crippen MR) is 130 cm³/mol. The zero-order chi connectivity index (χ0) is 24.0. The number of piperidine rings is 1.